The monoisotopic (exact) mass is 523 g/mol. The Bertz CT molecular complexity index is 1270. The van der Waals surface area contributed by atoms with Crippen LogP contribution in [0.4, 0.5) is 5.69 Å². The molecule has 206 valence electrons. The van der Waals surface area contributed by atoms with E-state index < -0.39 is 0 Å². The van der Waals surface area contributed by atoms with Crippen molar-refractivity contribution < 1.29 is 19.0 Å². The molecule has 0 radical (unpaired) electrons. The minimum absolute atomic E-state index is 0.0605. The molecule has 0 aromatic heterocycles. The van der Waals surface area contributed by atoms with Crippen LogP contribution in [-0.2, 0) is 11.2 Å². The fraction of sp³-hybridized carbons (Fsp3) is 0.533. The zero-order valence-corrected chi connectivity index (χ0v) is 23.8. The van der Waals surface area contributed by atoms with Gasteiger partial charge >= 0.3 is 0 Å². The molecule has 1 heterocycles. The number of carbonyl (C=O) groups excluding carboxylic acids is 1. The molecule has 1 aliphatic heterocycles. The molecule has 8 heteroatoms. The predicted molar refractivity (Wildman–Crippen MR) is 151 cm³/mol. The number of ether oxygens (including phenoxy) is 3. The number of fused-ring (bicyclic) bond motifs is 3. The van der Waals surface area contributed by atoms with E-state index in [1.807, 2.05) is 18.2 Å². The summed E-state index contributed by atoms with van der Waals surface area (Å²) in [5.41, 5.74) is 3.74. The maximum atomic E-state index is 13.7. The normalized spacial score (nSPS) is 19.8. The van der Waals surface area contributed by atoms with Gasteiger partial charge in [0.1, 0.15) is 0 Å². The van der Waals surface area contributed by atoms with Gasteiger partial charge in [0, 0.05) is 29.6 Å². The van der Waals surface area contributed by atoms with Crippen LogP contribution in [0.15, 0.2) is 29.1 Å². The molecule has 2 aliphatic rings. The third-order valence-corrected chi connectivity index (χ3v) is 7.47. The maximum absolute atomic E-state index is 13.7. The minimum atomic E-state index is -0.332. The second-order valence-corrected chi connectivity index (χ2v) is 11.7. The van der Waals surface area contributed by atoms with Crippen LogP contribution in [0.25, 0.3) is 11.1 Å². The van der Waals surface area contributed by atoms with Crippen LogP contribution in [-0.4, -0.2) is 44.4 Å². The quantitative estimate of drug-likeness (QED) is 0.510. The lowest BCUT2D eigenvalue weighted by Gasteiger charge is -2.46. The number of anilines is 1. The van der Waals surface area contributed by atoms with Crippen LogP contribution >= 0.6 is 0 Å². The number of hydrogen-bond acceptors (Lipinski definition) is 7. The van der Waals surface area contributed by atoms with Gasteiger partial charge in [-0.3, -0.25) is 9.59 Å². The van der Waals surface area contributed by atoms with E-state index in [4.69, 9.17) is 14.2 Å². The lowest BCUT2D eigenvalue weighted by atomic mass is 9.79. The summed E-state index contributed by atoms with van der Waals surface area (Å²) in [6.45, 7) is 10.3. The molecule has 8 nitrogen and oxygen atoms in total. The number of rotatable bonds is 6. The number of carbonyl (C=O) groups is 1. The lowest BCUT2D eigenvalue weighted by molar-refractivity contribution is -0.119. The van der Waals surface area contributed by atoms with E-state index >= 15 is 0 Å². The van der Waals surface area contributed by atoms with Crippen LogP contribution in [0, 0.1) is 0 Å². The predicted octanol–water partition coefficient (Wildman–Crippen LogP) is 4.58. The van der Waals surface area contributed by atoms with Crippen molar-refractivity contribution in [3.8, 4) is 28.4 Å². The molecule has 0 spiro atoms. The van der Waals surface area contributed by atoms with Crippen molar-refractivity contribution in [2.45, 2.75) is 83.5 Å². The fourth-order valence-corrected chi connectivity index (χ4v) is 6.47. The molecular weight excluding hydrogens is 482 g/mol. The molecule has 2 aromatic carbocycles. The Hall–Kier alpha value is -3.26. The van der Waals surface area contributed by atoms with Crippen molar-refractivity contribution in [3.63, 3.8) is 0 Å². The van der Waals surface area contributed by atoms with Gasteiger partial charge in [-0.05, 0) is 88.3 Å². The van der Waals surface area contributed by atoms with Crippen LogP contribution in [0.5, 0.6) is 17.2 Å². The molecule has 2 aromatic rings. The van der Waals surface area contributed by atoms with Gasteiger partial charge in [-0.15, -0.1) is 0 Å². The first kappa shape index (κ1) is 27.8. The third kappa shape index (κ3) is 5.60. The lowest BCUT2D eigenvalue weighted by Crippen LogP contribution is -2.60. The van der Waals surface area contributed by atoms with E-state index in [-0.39, 0.29) is 34.5 Å². The van der Waals surface area contributed by atoms with Gasteiger partial charge in [0.2, 0.25) is 17.1 Å². The number of benzene rings is 1. The highest BCUT2D eigenvalue weighted by Crippen LogP contribution is 2.50. The van der Waals surface area contributed by atoms with Crippen molar-refractivity contribution in [1.82, 2.24) is 10.6 Å². The van der Waals surface area contributed by atoms with Crippen LogP contribution in [0.1, 0.15) is 71.0 Å². The van der Waals surface area contributed by atoms with Crippen molar-refractivity contribution in [1.29, 1.82) is 0 Å². The van der Waals surface area contributed by atoms with E-state index in [9.17, 15) is 9.59 Å². The molecule has 1 saturated heterocycles. The smallest absolute Gasteiger partial charge is 0.217 e. The zero-order valence-electron chi connectivity index (χ0n) is 23.8. The van der Waals surface area contributed by atoms with Crippen LogP contribution in [0.3, 0.4) is 0 Å². The van der Waals surface area contributed by atoms with Gasteiger partial charge in [0.25, 0.3) is 0 Å². The molecule has 1 fully saturated rings. The molecule has 0 bridgehead atoms. The van der Waals surface area contributed by atoms with Crippen molar-refractivity contribution in [3.05, 3.63) is 45.6 Å². The Morgan fingerprint density at radius 2 is 1.63 bits per heavy atom. The van der Waals surface area contributed by atoms with Gasteiger partial charge in [-0.2, -0.15) is 0 Å². The van der Waals surface area contributed by atoms with Crippen LogP contribution in [0.2, 0.25) is 0 Å². The first-order chi connectivity index (χ1) is 17.9. The molecule has 38 heavy (non-hydrogen) atoms. The highest BCUT2D eigenvalue weighted by Gasteiger charge is 2.38. The standard InChI is InChI=1S/C30H41N3O5/c1-17(34)31-22-11-9-18-13-25(36-6)27(37-7)28(38-8)26(18)20-10-12-23(24(35)14-21(20)22)32-19-15-29(2,3)33-30(4,5)16-19/h10,12-14,19,22,33H,9,11,15-16H2,1-8H3,(H,31,34)(H,32,35)/t22-/m1/s1. The van der Waals surface area contributed by atoms with Crippen LogP contribution < -0.4 is 35.6 Å². The molecular formula is C30H41N3O5. The molecule has 3 N–H and O–H groups in total. The minimum Gasteiger partial charge on any atom is -0.493 e. The van der Waals surface area contributed by atoms with Gasteiger partial charge in [0.15, 0.2) is 11.5 Å². The third-order valence-electron chi connectivity index (χ3n) is 7.47. The largest absolute Gasteiger partial charge is 0.493 e. The Balaban J connectivity index is 1.90. The van der Waals surface area contributed by atoms with Gasteiger partial charge in [-0.1, -0.05) is 6.07 Å². The Morgan fingerprint density at radius 3 is 2.21 bits per heavy atom. The van der Waals surface area contributed by atoms with E-state index in [0.717, 1.165) is 35.1 Å². The first-order valence-electron chi connectivity index (χ1n) is 13.2. The molecule has 1 amide bonds. The first-order valence-corrected chi connectivity index (χ1v) is 13.2. The topological polar surface area (TPSA) is 97.9 Å². The summed E-state index contributed by atoms with van der Waals surface area (Å²) in [6, 6.07) is 7.25. The van der Waals surface area contributed by atoms with Gasteiger partial charge < -0.3 is 30.2 Å². The number of piperidine rings is 1. The zero-order chi connectivity index (χ0) is 27.8. The fourth-order valence-electron chi connectivity index (χ4n) is 6.47. The Morgan fingerprint density at radius 1 is 0.974 bits per heavy atom. The average molecular weight is 524 g/mol. The number of methoxy groups -OCH3 is 3. The summed E-state index contributed by atoms with van der Waals surface area (Å²) < 4.78 is 17.2. The number of hydrogen-bond donors (Lipinski definition) is 3. The molecule has 0 saturated carbocycles. The molecule has 1 aliphatic carbocycles. The number of amides is 1. The Kier molecular flexibility index (Phi) is 7.66. The molecule has 1 atom stereocenters. The Labute approximate surface area is 225 Å². The van der Waals surface area contributed by atoms with Crippen molar-refractivity contribution in [2.75, 3.05) is 26.6 Å². The van der Waals surface area contributed by atoms with E-state index in [1.165, 1.54) is 6.92 Å². The second kappa shape index (κ2) is 10.5. The summed E-state index contributed by atoms with van der Waals surface area (Å²) in [7, 11) is 4.78. The van der Waals surface area contributed by atoms with Gasteiger partial charge in [0.05, 0.1) is 33.1 Å². The molecule has 0 unspecified atom stereocenters. The second-order valence-electron chi connectivity index (χ2n) is 11.7. The summed E-state index contributed by atoms with van der Waals surface area (Å²) in [5, 5.41) is 10.3. The maximum Gasteiger partial charge on any atom is 0.217 e. The summed E-state index contributed by atoms with van der Waals surface area (Å²) in [4.78, 5) is 25.8. The highest BCUT2D eigenvalue weighted by molar-refractivity contribution is 5.83. The SMILES string of the molecule is COc1cc2c(c(OC)c1OC)-c1ccc(NC3CC(C)(C)NC(C)(C)C3)c(=O)cc1[C@H](NC(C)=O)CC2. The molecule has 4 rings (SSSR count). The summed E-state index contributed by atoms with van der Waals surface area (Å²) in [5.74, 6) is 1.46. The number of aryl methyl sites for hydroxylation is 1. The van der Waals surface area contributed by atoms with Crippen molar-refractivity contribution >= 4 is 11.6 Å². The van der Waals surface area contributed by atoms with E-state index in [0.29, 0.717) is 35.8 Å². The van der Waals surface area contributed by atoms with Gasteiger partial charge in [-0.25, -0.2) is 0 Å². The number of nitrogens with one attached hydrogen (secondary N) is 3. The summed E-state index contributed by atoms with van der Waals surface area (Å²) >= 11 is 0. The van der Waals surface area contributed by atoms with E-state index in [1.54, 1.807) is 27.4 Å². The van der Waals surface area contributed by atoms with E-state index in [2.05, 4.69) is 43.6 Å². The van der Waals surface area contributed by atoms with Crippen molar-refractivity contribution in [2.24, 2.45) is 0 Å². The average Bonchev–Trinajstić information content (AvgIpc) is 3.05. The highest BCUT2D eigenvalue weighted by atomic mass is 16.5. The summed E-state index contributed by atoms with van der Waals surface area (Å²) in [6.07, 6.45) is 3.06.